The van der Waals surface area contributed by atoms with E-state index in [9.17, 15) is 24.0 Å². The molecule has 0 bridgehead atoms. The molecule has 0 spiro atoms. The number of benzene rings is 4. The van der Waals surface area contributed by atoms with Gasteiger partial charge in [-0.1, -0.05) is 283 Å². The molecule has 0 fully saturated rings. The normalized spacial score (nSPS) is 13.3. The van der Waals surface area contributed by atoms with E-state index >= 15 is 9.59 Å². The molecular weight excluding hydrogens is 1190 g/mol. The van der Waals surface area contributed by atoms with Crippen molar-refractivity contribution in [2.24, 2.45) is 0 Å². The minimum atomic E-state index is -1.27. The molecule has 0 saturated carbocycles. The Labute approximate surface area is 572 Å². The number of carbonyl (C=O) groups is 7. The summed E-state index contributed by atoms with van der Waals surface area (Å²) in [4.78, 5) is 101. The van der Waals surface area contributed by atoms with E-state index in [2.05, 4.69) is 68.5 Å². The fourth-order valence-electron chi connectivity index (χ4n) is 11.8. The van der Waals surface area contributed by atoms with Crippen LogP contribution in [0.3, 0.4) is 0 Å². The average Bonchev–Trinajstić information content (AvgIpc) is 1.02. The van der Waals surface area contributed by atoms with Gasteiger partial charge in [0.1, 0.15) is 30.2 Å². The Morgan fingerprint density at radius 2 is 0.632 bits per heavy atom. The Morgan fingerprint density at radius 3 is 0.979 bits per heavy atom. The van der Waals surface area contributed by atoms with Crippen LogP contribution in [0.25, 0.3) is 0 Å². The fourth-order valence-corrected chi connectivity index (χ4v) is 11.8. The van der Waals surface area contributed by atoms with Crippen LogP contribution in [0.1, 0.15) is 242 Å². The molecule has 5 amide bonds. The van der Waals surface area contributed by atoms with Gasteiger partial charge in [0.05, 0.1) is 40.4 Å². The summed E-state index contributed by atoms with van der Waals surface area (Å²) >= 11 is 0. The van der Waals surface area contributed by atoms with E-state index in [1.54, 1.807) is 0 Å². The van der Waals surface area contributed by atoms with Crippen LogP contribution in [0.5, 0.6) is 0 Å². The zero-order chi connectivity index (χ0) is 68.6. The molecule has 0 aliphatic rings. The number of quaternary nitrogens is 1. The van der Waals surface area contributed by atoms with Crippen molar-refractivity contribution < 1.29 is 47.5 Å². The van der Waals surface area contributed by atoms with Gasteiger partial charge in [0, 0.05) is 38.5 Å². The van der Waals surface area contributed by atoms with E-state index in [0.29, 0.717) is 18.9 Å². The van der Waals surface area contributed by atoms with Gasteiger partial charge in [-0.2, -0.15) is 0 Å². The van der Waals surface area contributed by atoms with Gasteiger partial charge in [0.25, 0.3) is 0 Å². The molecule has 6 atom stereocenters. The summed E-state index contributed by atoms with van der Waals surface area (Å²) in [6.45, 7) is 7.17. The van der Waals surface area contributed by atoms with Crippen LogP contribution >= 0.6 is 0 Å². The lowest BCUT2D eigenvalue weighted by molar-refractivity contribution is -0.894. The van der Waals surface area contributed by atoms with Crippen LogP contribution in [0.4, 0.5) is 0 Å². The second-order valence-electron chi connectivity index (χ2n) is 27.4. The summed E-state index contributed by atoms with van der Waals surface area (Å²) in [6, 6.07) is 31.7. The third kappa shape index (κ3) is 37.3. The number of carbonyl (C=O) groups excluding carboxylic acids is 7. The first-order valence-electron chi connectivity index (χ1n) is 36.9. The van der Waals surface area contributed by atoms with Gasteiger partial charge in [-0.3, -0.25) is 28.8 Å². The lowest BCUT2D eigenvalue weighted by Gasteiger charge is -2.31. The van der Waals surface area contributed by atoms with Crippen LogP contribution in [0.15, 0.2) is 121 Å². The molecule has 0 aliphatic heterocycles. The molecule has 0 saturated heterocycles. The van der Waals surface area contributed by atoms with Crippen LogP contribution in [0, 0.1) is 0 Å². The Kier molecular flexibility index (Phi) is 42.1. The molecule has 15 nitrogen and oxygen atoms in total. The van der Waals surface area contributed by atoms with E-state index in [0.717, 1.165) is 97.4 Å². The zero-order valence-corrected chi connectivity index (χ0v) is 59.3. The molecule has 4 aromatic carbocycles. The van der Waals surface area contributed by atoms with Gasteiger partial charge < -0.3 is 40.5 Å². The van der Waals surface area contributed by atoms with Crippen LogP contribution in [-0.4, -0.2) is 117 Å². The van der Waals surface area contributed by atoms with Gasteiger partial charge >= 0.3 is 11.9 Å². The Bertz CT molecular complexity index is 2710. The smallest absolute Gasteiger partial charge is 0.328 e. The lowest BCUT2D eigenvalue weighted by Crippen LogP contribution is -2.60. The van der Waals surface area contributed by atoms with Gasteiger partial charge in [-0.05, 0) is 67.7 Å². The minimum Gasteiger partial charge on any atom is -0.466 e. The first-order chi connectivity index (χ1) is 46.1. The summed E-state index contributed by atoms with van der Waals surface area (Å²) in [5.41, 5.74) is 3.01. The lowest BCUT2D eigenvalue weighted by atomic mass is 10.00. The van der Waals surface area contributed by atoms with Crippen molar-refractivity contribution in [2.75, 3.05) is 34.4 Å². The maximum absolute atomic E-state index is 15.1. The molecule has 0 radical (unpaired) electrons. The van der Waals surface area contributed by atoms with Crippen molar-refractivity contribution >= 4 is 41.5 Å². The van der Waals surface area contributed by atoms with Gasteiger partial charge in [-0.15, -0.1) is 0 Å². The second kappa shape index (κ2) is 49.6. The molecule has 5 N–H and O–H groups in total. The molecule has 0 aliphatic carbocycles. The molecule has 0 aromatic heterocycles. The standard InChI is InChI=1S/C80H122N6O9/c1-7-9-11-13-15-17-19-24-28-44-58-94-75(88)57-56-69(80(93)95-59-45-29-25-20-18-16-14-12-10-8-2)82-77(90)71(61-66-49-37-31-38-50-66)84-79(92)73(63-68-53-41-33-42-54-68)85-78(91)72(62-67-51-39-32-40-52-67)83-76(89)70(60-65-47-35-30-36-48-65)81-74(87)55-43-27-23-21-22-26-34-46-64(3)86(4,5)6/h30-33,35-42,47-54,64,69-73H,7-29,34,43-46,55-63H2,1-6H3,(H4-,81,82,83,84,85,87,89,90,91,92)/p+1/t64?,69-,70-,71-,72-,73-/m0/s1. The Balaban J connectivity index is 1.52. The van der Waals surface area contributed by atoms with Gasteiger partial charge in [-0.25, -0.2) is 4.79 Å². The van der Waals surface area contributed by atoms with Crippen LogP contribution in [0.2, 0.25) is 0 Å². The molecule has 1 unspecified atom stereocenters. The van der Waals surface area contributed by atoms with Crippen molar-refractivity contribution in [3.05, 3.63) is 144 Å². The highest BCUT2D eigenvalue weighted by Crippen LogP contribution is 2.18. The van der Waals surface area contributed by atoms with E-state index in [1.807, 2.05) is 121 Å². The molecular formula is C80H123N6O9+. The van der Waals surface area contributed by atoms with E-state index < -0.39 is 65.8 Å². The van der Waals surface area contributed by atoms with Crippen LogP contribution in [-0.2, 0) is 68.7 Å². The maximum Gasteiger partial charge on any atom is 0.328 e. The maximum atomic E-state index is 15.1. The monoisotopic (exact) mass is 1310 g/mol. The van der Waals surface area contributed by atoms with Crippen molar-refractivity contribution in [3.8, 4) is 0 Å². The fraction of sp³-hybridized carbons (Fsp3) is 0.613. The number of nitrogens with one attached hydrogen (secondary N) is 5. The van der Waals surface area contributed by atoms with E-state index in [1.165, 1.54) is 96.3 Å². The summed E-state index contributed by atoms with van der Waals surface area (Å²) in [5.74, 6) is -3.98. The third-order valence-electron chi connectivity index (χ3n) is 18.3. The van der Waals surface area contributed by atoms with Crippen molar-refractivity contribution in [1.29, 1.82) is 0 Å². The largest absolute Gasteiger partial charge is 0.466 e. The minimum absolute atomic E-state index is 0.0160. The van der Waals surface area contributed by atoms with Crippen molar-refractivity contribution in [3.63, 3.8) is 0 Å². The number of rotatable bonds is 54. The third-order valence-corrected chi connectivity index (χ3v) is 18.3. The van der Waals surface area contributed by atoms with Crippen molar-refractivity contribution in [1.82, 2.24) is 26.6 Å². The van der Waals surface area contributed by atoms with Gasteiger partial charge in [0.15, 0.2) is 0 Å². The first-order valence-corrected chi connectivity index (χ1v) is 36.9. The highest BCUT2D eigenvalue weighted by molar-refractivity contribution is 5.96. The van der Waals surface area contributed by atoms with E-state index in [-0.39, 0.29) is 64.1 Å². The Hall–Kier alpha value is -6.87. The zero-order valence-electron chi connectivity index (χ0n) is 59.3. The molecule has 15 heteroatoms. The number of nitrogens with zero attached hydrogens (tertiary/aromatic N) is 1. The summed E-state index contributed by atoms with van der Waals surface area (Å²) in [5, 5.41) is 14.8. The van der Waals surface area contributed by atoms with Crippen molar-refractivity contribution in [2.45, 2.75) is 282 Å². The number of amides is 5. The summed E-state index contributed by atoms with van der Waals surface area (Å²) in [7, 11) is 6.72. The SMILES string of the molecule is CCCCCCCCCCCCOC(=O)CC[C@H](NC(=O)[C@H](Cc1ccccc1)NC(=O)[C@H](Cc1ccccc1)NC(=O)[C@H](Cc1ccccc1)NC(=O)[C@H](Cc1ccccc1)NC(=O)CCCCCCCCCC(C)[N+](C)(C)C)C(=O)OCCCCCCCCCCCC. The highest BCUT2D eigenvalue weighted by Gasteiger charge is 2.34. The second-order valence-corrected chi connectivity index (χ2v) is 27.4. The highest BCUT2D eigenvalue weighted by atomic mass is 16.5. The van der Waals surface area contributed by atoms with Gasteiger partial charge in [0.2, 0.25) is 29.5 Å². The molecule has 4 rings (SSSR count). The number of esters is 2. The number of hydrogen-bond acceptors (Lipinski definition) is 9. The number of unbranched alkanes of at least 4 members (excludes halogenated alkanes) is 24. The van der Waals surface area contributed by atoms with E-state index in [4.69, 9.17) is 9.47 Å². The molecule has 526 valence electrons. The molecule has 95 heavy (non-hydrogen) atoms. The quantitative estimate of drug-likeness (QED) is 0.0162. The predicted molar refractivity (Wildman–Crippen MR) is 384 cm³/mol. The first kappa shape index (κ1) is 80.6. The number of ether oxygens (including phenoxy) is 2. The Morgan fingerprint density at radius 1 is 0.337 bits per heavy atom. The average molecular weight is 1310 g/mol. The molecule has 4 aromatic rings. The molecule has 0 heterocycles. The topological polar surface area (TPSA) is 198 Å². The predicted octanol–water partition coefficient (Wildman–Crippen LogP) is 14.7. The summed E-state index contributed by atoms with van der Waals surface area (Å²) in [6.07, 6.45) is 31.4. The summed E-state index contributed by atoms with van der Waals surface area (Å²) < 4.78 is 12.4. The van der Waals surface area contributed by atoms with Crippen LogP contribution < -0.4 is 26.6 Å². The number of hydrogen-bond donors (Lipinski definition) is 5.